The number of rotatable bonds is 4. The van der Waals surface area contributed by atoms with E-state index in [0.29, 0.717) is 11.4 Å². The number of aromatic carboxylic acids is 1. The minimum atomic E-state index is -1.02. The molecule has 3 aromatic rings. The first-order chi connectivity index (χ1) is 11.2. The van der Waals surface area contributed by atoms with Crippen molar-refractivity contribution in [1.82, 2.24) is 0 Å². The number of carboxylic acids is 1. The summed E-state index contributed by atoms with van der Waals surface area (Å²) in [7, 11) is 0. The number of nitrogens with one attached hydrogen (secondary N) is 1. The average Bonchev–Trinajstić information content (AvgIpc) is 2.58. The summed E-state index contributed by atoms with van der Waals surface area (Å²) in [5, 5.41) is 12.5. The van der Waals surface area contributed by atoms with Crippen molar-refractivity contribution in [3.8, 4) is 11.1 Å². The Labute approximate surface area is 134 Å². The molecule has 4 N–H and O–H groups in total. The normalized spacial score (nSPS) is 10.3. The van der Waals surface area contributed by atoms with Crippen LogP contribution in [0.25, 0.3) is 11.1 Å². The third kappa shape index (κ3) is 3.01. The largest absolute Gasteiger partial charge is 0.478 e. The zero-order chi connectivity index (χ0) is 16.2. The molecule has 3 rings (SSSR count). The van der Waals surface area contributed by atoms with Gasteiger partial charge in [0, 0.05) is 11.3 Å². The van der Waals surface area contributed by atoms with E-state index < -0.39 is 5.97 Å². The summed E-state index contributed by atoms with van der Waals surface area (Å²) in [4.78, 5) is 11.4. The van der Waals surface area contributed by atoms with E-state index in [-0.39, 0.29) is 5.56 Å². The van der Waals surface area contributed by atoms with Crippen molar-refractivity contribution in [3.63, 3.8) is 0 Å². The number of carboxylic acid groups (broad SMARTS) is 1. The molecule has 114 valence electrons. The van der Waals surface area contributed by atoms with E-state index in [1.54, 1.807) is 12.1 Å². The first kappa shape index (κ1) is 14.7. The minimum absolute atomic E-state index is 0.146. The fourth-order valence-electron chi connectivity index (χ4n) is 2.48. The fourth-order valence-corrected chi connectivity index (χ4v) is 2.48. The first-order valence-electron chi connectivity index (χ1n) is 7.20. The Hall–Kier alpha value is -3.27. The lowest BCUT2D eigenvalue weighted by molar-refractivity contribution is 0.0698. The van der Waals surface area contributed by atoms with Gasteiger partial charge in [-0.15, -0.1) is 0 Å². The molecule has 0 aliphatic carbocycles. The van der Waals surface area contributed by atoms with Gasteiger partial charge in [0.1, 0.15) is 0 Å². The number of hydrogen-bond donors (Lipinski definition) is 3. The number of para-hydroxylation sites is 2. The summed E-state index contributed by atoms with van der Waals surface area (Å²) < 4.78 is 0. The van der Waals surface area contributed by atoms with Crippen molar-refractivity contribution in [2.24, 2.45) is 0 Å². The minimum Gasteiger partial charge on any atom is -0.478 e. The molecule has 0 aromatic heterocycles. The Bertz CT molecular complexity index is 845. The number of carbonyl (C=O) groups is 1. The SMILES string of the molecule is Nc1cccc(C(=O)O)c1Nc1ccccc1-c1ccccc1. The van der Waals surface area contributed by atoms with Crippen LogP contribution in [0.3, 0.4) is 0 Å². The number of hydrogen-bond acceptors (Lipinski definition) is 3. The van der Waals surface area contributed by atoms with Gasteiger partial charge in [-0.2, -0.15) is 0 Å². The second-order valence-electron chi connectivity index (χ2n) is 5.11. The summed E-state index contributed by atoms with van der Waals surface area (Å²) in [5.74, 6) is -1.02. The Morgan fingerprint density at radius 1 is 0.870 bits per heavy atom. The molecular weight excluding hydrogens is 288 g/mol. The molecule has 4 nitrogen and oxygen atoms in total. The van der Waals surface area contributed by atoms with Gasteiger partial charge >= 0.3 is 5.97 Å². The van der Waals surface area contributed by atoms with E-state index in [1.807, 2.05) is 54.6 Å². The quantitative estimate of drug-likeness (QED) is 0.625. The van der Waals surface area contributed by atoms with Gasteiger partial charge < -0.3 is 16.2 Å². The molecule has 4 heteroatoms. The van der Waals surface area contributed by atoms with E-state index in [9.17, 15) is 9.90 Å². The van der Waals surface area contributed by atoms with Crippen LogP contribution in [0.15, 0.2) is 72.8 Å². The van der Waals surface area contributed by atoms with Gasteiger partial charge in [-0.25, -0.2) is 4.79 Å². The third-order valence-corrected chi connectivity index (χ3v) is 3.60. The first-order valence-corrected chi connectivity index (χ1v) is 7.20. The molecule has 0 aliphatic rings. The van der Waals surface area contributed by atoms with E-state index >= 15 is 0 Å². The molecule has 0 atom stereocenters. The number of nitrogen functional groups attached to an aromatic ring is 1. The summed E-state index contributed by atoms with van der Waals surface area (Å²) in [5.41, 5.74) is 9.75. The van der Waals surface area contributed by atoms with E-state index in [4.69, 9.17) is 5.73 Å². The summed E-state index contributed by atoms with van der Waals surface area (Å²) >= 11 is 0. The lowest BCUT2D eigenvalue weighted by Crippen LogP contribution is -2.06. The predicted octanol–water partition coefficient (Wildman–Crippen LogP) is 4.38. The molecule has 0 spiro atoms. The van der Waals surface area contributed by atoms with Crippen LogP contribution in [0, 0.1) is 0 Å². The molecular formula is C19H16N2O2. The molecule has 0 saturated carbocycles. The lowest BCUT2D eigenvalue weighted by atomic mass is 10.0. The highest BCUT2D eigenvalue weighted by Crippen LogP contribution is 2.33. The van der Waals surface area contributed by atoms with E-state index in [0.717, 1.165) is 16.8 Å². The van der Waals surface area contributed by atoms with Gasteiger partial charge in [-0.3, -0.25) is 0 Å². The monoisotopic (exact) mass is 304 g/mol. The molecule has 0 heterocycles. The van der Waals surface area contributed by atoms with Crippen LogP contribution < -0.4 is 11.1 Å². The number of anilines is 3. The van der Waals surface area contributed by atoms with Crippen LogP contribution in [0.2, 0.25) is 0 Å². The third-order valence-electron chi connectivity index (χ3n) is 3.60. The average molecular weight is 304 g/mol. The second kappa shape index (κ2) is 6.23. The Kier molecular flexibility index (Phi) is 3.97. The maximum Gasteiger partial charge on any atom is 0.337 e. The Balaban J connectivity index is 2.08. The van der Waals surface area contributed by atoms with Crippen LogP contribution in [-0.2, 0) is 0 Å². The second-order valence-corrected chi connectivity index (χ2v) is 5.11. The highest BCUT2D eigenvalue weighted by molar-refractivity contribution is 5.99. The van der Waals surface area contributed by atoms with Gasteiger partial charge in [0.25, 0.3) is 0 Å². The summed E-state index contributed by atoms with van der Waals surface area (Å²) in [6.45, 7) is 0. The van der Waals surface area contributed by atoms with Gasteiger partial charge in [-0.05, 0) is 23.8 Å². The van der Waals surface area contributed by atoms with Crippen LogP contribution in [0.4, 0.5) is 17.1 Å². The molecule has 0 unspecified atom stereocenters. The van der Waals surface area contributed by atoms with Crippen LogP contribution in [0.1, 0.15) is 10.4 Å². The molecule has 0 aliphatic heterocycles. The van der Waals surface area contributed by atoms with E-state index in [2.05, 4.69) is 5.32 Å². The smallest absolute Gasteiger partial charge is 0.337 e. The molecule has 0 fully saturated rings. The number of benzene rings is 3. The Morgan fingerprint density at radius 3 is 2.30 bits per heavy atom. The molecule has 3 aromatic carbocycles. The van der Waals surface area contributed by atoms with Crippen molar-refractivity contribution in [2.75, 3.05) is 11.1 Å². The van der Waals surface area contributed by atoms with Crippen LogP contribution >= 0.6 is 0 Å². The predicted molar refractivity (Wildman–Crippen MR) is 93.0 cm³/mol. The number of nitrogens with two attached hydrogens (primary N) is 1. The van der Waals surface area contributed by atoms with Gasteiger partial charge in [0.05, 0.1) is 16.9 Å². The zero-order valence-electron chi connectivity index (χ0n) is 12.4. The summed E-state index contributed by atoms with van der Waals surface area (Å²) in [6.07, 6.45) is 0. The maximum absolute atomic E-state index is 11.4. The molecule has 0 radical (unpaired) electrons. The van der Waals surface area contributed by atoms with Crippen LogP contribution in [-0.4, -0.2) is 11.1 Å². The highest BCUT2D eigenvalue weighted by Gasteiger charge is 2.14. The van der Waals surface area contributed by atoms with Crippen molar-refractivity contribution < 1.29 is 9.90 Å². The van der Waals surface area contributed by atoms with Crippen molar-refractivity contribution in [3.05, 3.63) is 78.4 Å². The van der Waals surface area contributed by atoms with Crippen LogP contribution in [0.5, 0.6) is 0 Å². The Morgan fingerprint density at radius 2 is 1.57 bits per heavy atom. The molecule has 23 heavy (non-hydrogen) atoms. The lowest BCUT2D eigenvalue weighted by Gasteiger charge is -2.15. The fraction of sp³-hybridized carbons (Fsp3) is 0. The van der Waals surface area contributed by atoms with Crippen molar-refractivity contribution >= 4 is 23.0 Å². The van der Waals surface area contributed by atoms with Crippen molar-refractivity contribution in [2.45, 2.75) is 0 Å². The van der Waals surface area contributed by atoms with Gasteiger partial charge in [0.15, 0.2) is 0 Å². The van der Waals surface area contributed by atoms with Gasteiger partial charge in [-0.1, -0.05) is 54.6 Å². The summed E-state index contributed by atoms with van der Waals surface area (Å²) in [6, 6.07) is 22.5. The molecule has 0 bridgehead atoms. The standard InChI is InChI=1S/C19H16N2O2/c20-16-11-6-10-15(19(22)23)18(16)21-17-12-5-4-9-14(17)13-7-2-1-3-8-13/h1-12,21H,20H2,(H,22,23). The topological polar surface area (TPSA) is 75.4 Å². The zero-order valence-corrected chi connectivity index (χ0v) is 12.4. The van der Waals surface area contributed by atoms with Gasteiger partial charge in [0.2, 0.25) is 0 Å². The highest BCUT2D eigenvalue weighted by atomic mass is 16.4. The molecule has 0 amide bonds. The maximum atomic E-state index is 11.4. The van der Waals surface area contributed by atoms with Crippen molar-refractivity contribution in [1.29, 1.82) is 0 Å². The molecule has 0 saturated heterocycles. The van der Waals surface area contributed by atoms with E-state index in [1.165, 1.54) is 6.07 Å².